The fourth-order valence-electron chi connectivity index (χ4n) is 1.94. The zero-order valence-electron chi connectivity index (χ0n) is 12.4. The predicted molar refractivity (Wildman–Crippen MR) is 82.2 cm³/mol. The van der Waals surface area contributed by atoms with Crippen molar-refractivity contribution >= 4 is 11.6 Å². The monoisotopic (exact) mass is 317 g/mol. The Hall–Kier alpha value is -3.16. The Labute approximate surface area is 131 Å². The summed E-state index contributed by atoms with van der Waals surface area (Å²) < 4.78 is 6.09. The molecule has 0 atom stereocenters. The summed E-state index contributed by atoms with van der Waals surface area (Å²) in [5, 5.41) is 13.3. The fourth-order valence-corrected chi connectivity index (χ4v) is 1.94. The fraction of sp³-hybridized carbons (Fsp3) is 0.200. The number of pyridine rings is 1. The molecule has 1 aromatic carbocycles. The SMILES string of the molecule is COc1cccc(CNC(=O)Cn2cc([N+](=O)[O-])ccc2=O)c1. The molecule has 23 heavy (non-hydrogen) atoms. The largest absolute Gasteiger partial charge is 0.497 e. The van der Waals surface area contributed by atoms with Gasteiger partial charge in [0.05, 0.1) is 18.2 Å². The van der Waals surface area contributed by atoms with E-state index in [0.717, 1.165) is 28.5 Å². The average molecular weight is 317 g/mol. The molecular weight excluding hydrogens is 302 g/mol. The maximum Gasteiger partial charge on any atom is 0.285 e. The minimum Gasteiger partial charge on any atom is -0.497 e. The van der Waals surface area contributed by atoms with E-state index < -0.39 is 16.4 Å². The topological polar surface area (TPSA) is 103 Å². The van der Waals surface area contributed by atoms with Crippen molar-refractivity contribution in [3.63, 3.8) is 0 Å². The molecule has 1 heterocycles. The van der Waals surface area contributed by atoms with E-state index in [9.17, 15) is 19.7 Å². The number of carbonyl (C=O) groups excluding carboxylic acids is 1. The number of rotatable bonds is 6. The van der Waals surface area contributed by atoms with Gasteiger partial charge in [0, 0.05) is 18.7 Å². The van der Waals surface area contributed by atoms with Gasteiger partial charge in [0.1, 0.15) is 12.3 Å². The molecule has 8 heteroatoms. The second-order valence-corrected chi connectivity index (χ2v) is 4.74. The van der Waals surface area contributed by atoms with Gasteiger partial charge in [0.2, 0.25) is 5.91 Å². The first-order valence-corrected chi connectivity index (χ1v) is 6.74. The molecule has 1 N–H and O–H groups in total. The lowest BCUT2D eigenvalue weighted by molar-refractivity contribution is -0.385. The first-order chi connectivity index (χ1) is 11.0. The maximum absolute atomic E-state index is 11.9. The van der Waals surface area contributed by atoms with Gasteiger partial charge in [-0.15, -0.1) is 0 Å². The highest BCUT2D eigenvalue weighted by Gasteiger charge is 2.10. The van der Waals surface area contributed by atoms with E-state index in [2.05, 4.69) is 5.32 Å². The van der Waals surface area contributed by atoms with E-state index in [1.165, 1.54) is 0 Å². The van der Waals surface area contributed by atoms with E-state index in [4.69, 9.17) is 4.74 Å². The number of nitrogens with zero attached hydrogens (tertiary/aromatic N) is 2. The standard InChI is InChI=1S/C15H15N3O5/c1-23-13-4-2-3-11(7-13)8-16-14(19)10-17-9-12(18(21)22)5-6-15(17)20/h2-7,9H,8,10H2,1H3,(H,16,19). The molecule has 0 spiro atoms. The van der Waals surface area contributed by atoms with Crippen molar-refractivity contribution < 1.29 is 14.5 Å². The van der Waals surface area contributed by atoms with Gasteiger partial charge in [0.25, 0.3) is 11.2 Å². The number of ether oxygens (including phenoxy) is 1. The first kappa shape index (κ1) is 16.2. The van der Waals surface area contributed by atoms with Crippen molar-refractivity contribution in [2.75, 3.05) is 7.11 Å². The number of amides is 1. The summed E-state index contributed by atoms with van der Waals surface area (Å²) in [5.41, 5.74) is 0.112. The van der Waals surface area contributed by atoms with E-state index in [1.54, 1.807) is 25.3 Å². The van der Waals surface area contributed by atoms with E-state index in [-0.39, 0.29) is 18.8 Å². The van der Waals surface area contributed by atoms with Crippen molar-refractivity contribution in [3.05, 3.63) is 68.6 Å². The Morgan fingerprint density at radius 1 is 1.35 bits per heavy atom. The molecule has 0 radical (unpaired) electrons. The molecule has 2 rings (SSSR count). The number of benzene rings is 1. The highest BCUT2D eigenvalue weighted by Crippen LogP contribution is 2.12. The van der Waals surface area contributed by atoms with E-state index in [1.807, 2.05) is 6.07 Å². The summed E-state index contributed by atoms with van der Waals surface area (Å²) in [6.45, 7) is -0.0236. The van der Waals surface area contributed by atoms with Crippen molar-refractivity contribution in [2.45, 2.75) is 13.1 Å². The van der Waals surface area contributed by atoms with Crippen molar-refractivity contribution in [2.24, 2.45) is 0 Å². The molecule has 0 unspecified atom stereocenters. The minimum absolute atomic E-state index is 0.245. The van der Waals surface area contributed by atoms with Crippen LogP contribution < -0.4 is 15.6 Å². The molecule has 120 valence electrons. The predicted octanol–water partition coefficient (Wildman–Crippen LogP) is 1.08. The Kier molecular flexibility index (Phi) is 5.08. The molecule has 8 nitrogen and oxygen atoms in total. The maximum atomic E-state index is 11.9. The number of nitrogens with one attached hydrogen (secondary N) is 1. The third-order valence-electron chi connectivity index (χ3n) is 3.12. The van der Waals surface area contributed by atoms with E-state index >= 15 is 0 Å². The summed E-state index contributed by atoms with van der Waals surface area (Å²) in [4.78, 5) is 33.6. The van der Waals surface area contributed by atoms with Gasteiger partial charge in [0.15, 0.2) is 0 Å². The first-order valence-electron chi connectivity index (χ1n) is 6.74. The van der Waals surface area contributed by atoms with Gasteiger partial charge < -0.3 is 10.1 Å². The van der Waals surface area contributed by atoms with Crippen LogP contribution in [0.25, 0.3) is 0 Å². The van der Waals surface area contributed by atoms with Crippen LogP contribution in [0.3, 0.4) is 0 Å². The number of aromatic nitrogens is 1. The Morgan fingerprint density at radius 2 is 2.13 bits per heavy atom. The van der Waals surface area contributed by atoms with Crippen LogP contribution in [-0.2, 0) is 17.9 Å². The normalized spacial score (nSPS) is 10.1. The molecule has 0 aliphatic carbocycles. The number of carbonyl (C=O) groups is 1. The van der Waals surface area contributed by atoms with Crippen LogP contribution >= 0.6 is 0 Å². The van der Waals surface area contributed by atoms with Gasteiger partial charge in [-0.25, -0.2) is 0 Å². The second-order valence-electron chi connectivity index (χ2n) is 4.74. The van der Waals surface area contributed by atoms with Gasteiger partial charge in [-0.1, -0.05) is 12.1 Å². The lowest BCUT2D eigenvalue weighted by Crippen LogP contribution is -2.31. The quantitative estimate of drug-likeness (QED) is 0.634. The van der Waals surface area contributed by atoms with Crippen LogP contribution in [0.4, 0.5) is 5.69 Å². The number of hydrogen-bond donors (Lipinski definition) is 1. The summed E-state index contributed by atoms with van der Waals surface area (Å²) in [7, 11) is 1.55. The summed E-state index contributed by atoms with van der Waals surface area (Å²) in [6.07, 6.45) is 1.05. The molecule has 0 fully saturated rings. The average Bonchev–Trinajstić information content (AvgIpc) is 2.55. The number of methoxy groups -OCH3 is 1. The van der Waals surface area contributed by atoms with Crippen LogP contribution in [0, 0.1) is 10.1 Å². The van der Waals surface area contributed by atoms with Gasteiger partial charge >= 0.3 is 0 Å². The highest BCUT2D eigenvalue weighted by molar-refractivity contribution is 5.75. The van der Waals surface area contributed by atoms with Gasteiger partial charge in [-0.05, 0) is 17.7 Å². The Balaban J connectivity index is 2.01. The minimum atomic E-state index is -0.621. The zero-order chi connectivity index (χ0) is 16.8. The zero-order valence-corrected chi connectivity index (χ0v) is 12.4. The van der Waals surface area contributed by atoms with E-state index in [0.29, 0.717) is 5.75 Å². The Morgan fingerprint density at radius 3 is 2.83 bits per heavy atom. The van der Waals surface area contributed by atoms with Crippen molar-refractivity contribution in [3.8, 4) is 5.75 Å². The van der Waals surface area contributed by atoms with Crippen molar-refractivity contribution in [1.82, 2.24) is 9.88 Å². The molecule has 1 amide bonds. The molecule has 0 aliphatic heterocycles. The molecule has 0 saturated carbocycles. The highest BCUT2D eigenvalue weighted by atomic mass is 16.6. The molecule has 0 aliphatic rings. The van der Waals surface area contributed by atoms with Crippen LogP contribution in [0.1, 0.15) is 5.56 Å². The lowest BCUT2D eigenvalue weighted by atomic mass is 10.2. The molecule has 0 bridgehead atoms. The number of hydrogen-bond acceptors (Lipinski definition) is 5. The molecular formula is C15H15N3O5. The van der Waals surface area contributed by atoms with Crippen LogP contribution in [0.15, 0.2) is 47.4 Å². The lowest BCUT2D eigenvalue weighted by Gasteiger charge is -2.08. The molecule has 1 aromatic heterocycles. The Bertz CT molecular complexity index is 785. The third-order valence-corrected chi connectivity index (χ3v) is 3.12. The van der Waals surface area contributed by atoms with Crippen LogP contribution in [0.5, 0.6) is 5.75 Å². The number of nitro groups is 1. The third kappa shape index (κ3) is 4.40. The molecule has 2 aromatic rings. The van der Waals surface area contributed by atoms with Crippen LogP contribution in [-0.4, -0.2) is 22.5 Å². The van der Waals surface area contributed by atoms with Crippen molar-refractivity contribution in [1.29, 1.82) is 0 Å². The van der Waals surface area contributed by atoms with Crippen LogP contribution in [0.2, 0.25) is 0 Å². The smallest absolute Gasteiger partial charge is 0.285 e. The summed E-state index contributed by atoms with van der Waals surface area (Å²) >= 11 is 0. The second kappa shape index (κ2) is 7.21. The van der Waals surface area contributed by atoms with Gasteiger partial charge in [-0.2, -0.15) is 0 Å². The van der Waals surface area contributed by atoms with Gasteiger partial charge in [-0.3, -0.25) is 24.3 Å². The molecule has 0 saturated heterocycles. The summed E-state index contributed by atoms with van der Waals surface area (Å²) in [5.74, 6) is 0.252. The summed E-state index contributed by atoms with van der Waals surface area (Å²) in [6, 6.07) is 9.35.